The first-order chi connectivity index (χ1) is 7.09. The number of hydrogen-bond acceptors (Lipinski definition) is 2. The quantitative estimate of drug-likeness (QED) is 0.854. The largest absolute Gasteiger partial charge is 0.349 e. The normalized spacial score (nSPS) is 14.3. The van der Waals surface area contributed by atoms with E-state index in [9.17, 15) is 4.79 Å². The monoisotopic (exact) mass is 270 g/mol. The second kappa shape index (κ2) is 5.85. The molecule has 0 saturated carbocycles. The Hall–Kier alpha value is -0.900. The molecule has 4 heteroatoms. The smallest absolute Gasteiger partial charge is 0.253 e. The molecule has 0 saturated heterocycles. The zero-order chi connectivity index (χ0) is 11.3. The van der Waals surface area contributed by atoms with E-state index in [2.05, 4.69) is 33.2 Å². The van der Waals surface area contributed by atoms with E-state index in [0.29, 0.717) is 10.4 Å². The van der Waals surface area contributed by atoms with E-state index in [1.807, 2.05) is 6.92 Å². The third-order valence-electron chi connectivity index (χ3n) is 1.98. The minimum atomic E-state index is -0.0660. The van der Waals surface area contributed by atoms with Crippen molar-refractivity contribution in [2.75, 3.05) is 0 Å². The first-order valence-electron chi connectivity index (χ1n) is 4.94. The van der Waals surface area contributed by atoms with E-state index in [4.69, 9.17) is 0 Å². The van der Waals surface area contributed by atoms with Gasteiger partial charge in [0.2, 0.25) is 0 Å². The summed E-state index contributed by atoms with van der Waals surface area (Å²) >= 11 is 3.46. The van der Waals surface area contributed by atoms with Gasteiger partial charge in [0.15, 0.2) is 0 Å². The van der Waals surface area contributed by atoms with Gasteiger partial charge in [0.05, 0.1) is 5.56 Å². The summed E-state index contributed by atoms with van der Waals surface area (Å²) in [5.74, 6) is -0.0660. The van der Waals surface area contributed by atoms with Gasteiger partial charge >= 0.3 is 0 Å². The molecule has 2 unspecified atom stereocenters. The van der Waals surface area contributed by atoms with Crippen molar-refractivity contribution in [3.63, 3.8) is 0 Å². The first-order valence-corrected chi connectivity index (χ1v) is 5.86. The first kappa shape index (κ1) is 12.2. The van der Waals surface area contributed by atoms with Crippen molar-refractivity contribution in [1.82, 2.24) is 10.3 Å². The van der Waals surface area contributed by atoms with Crippen LogP contribution in [0.1, 0.15) is 30.6 Å². The van der Waals surface area contributed by atoms with Gasteiger partial charge < -0.3 is 5.32 Å². The van der Waals surface area contributed by atoms with Crippen LogP contribution < -0.4 is 5.32 Å². The Bertz CT molecular complexity index is 314. The van der Waals surface area contributed by atoms with E-state index in [-0.39, 0.29) is 11.9 Å². The molecule has 0 aliphatic rings. The lowest BCUT2D eigenvalue weighted by Gasteiger charge is -2.14. The summed E-state index contributed by atoms with van der Waals surface area (Å²) in [7, 11) is 0. The summed E-state index contributed by atoms with van der Waals surface area (Å²) in [6.07, 6.45) is 4.13. The van der Waals surface area contributed by atoms with Crippen LogP contribution in [0.25, 0.3) is 0 Å². The highest BCUT2D eigenvalue weighted by molar-refractivity contribution is 9.09. The average Bonchev–Trinajstić information content (AvgIpc) is 2.17. The number of nitrogens with zero attached hydrogens (tertiary/aromatic N) is 1. The molecular weight excluding hydrogens is 256 g/mol. The van der Waals surface area contributed by atoms with Gasteiger partial charge in [-0.2, -0.15) is 0 Å². The minimum absolute atomic E-state index is 0.0660. The second-order valence-electron chi connectivity index (χ2n) is 3.63. The molecule has 0 spiro atoms. The molecule has 0 bridgehead atoms. The van der Waals surface area contributed by atoms with Gasteiger partial charge in [0.25, 0.3) is 5.91 Å². The van der Waals surface area contributed by atoms with Crippen LogP contribution >= 0.6 is 15.9 Å². The lowest BCUT2D eigenvalue weighted by Crippen LogP contribution is -2.33. The maximum absolute atomic E-state index is 11.7. The number of alkyl halides is 1. The molecule has 1 amide bonds. The third-order valence-corrected chi connectivity index (χ3v) is 2.35. The van der Waals surface area contributed by atoms with Gasteiger partial charge in [-0.05, 0) is 25.5 Å². The molecule has 0 radical (unpaired) electrons. The predicted molar refractivity (Wildman–Crippen MR) is 64.2 cm³/mol. The number of halogens is 1. The molecule has 2 atom stereocenters. The molecule has 0 aliphatic carbocycles. The number of amides is 1. The number of carbonyl (C=O) groups is 1. The molecule has 0 aromatic carbocycles. The average molecular weight is 271 g/mol. The van der Waals surface area contributed by atoms with E-state index in [1.54, 1.807) is 24.5 Å². The molecular formula is C11H15BrN2O. The highest BCUT2D eigenvalue weighted by Crippen LogP contribution is 2.07. The third kappa shape index (κ3) is 4.42. The molecule has 3 nitrogen and oxygen atoms in total. The number of aromatic nitrogens is 1. The van der Waals surface area contributed by atoms with Crippen LogP contribution in [0.15, 0.2) is 24.5 Å². The summed E-state index contributed by atoms with van der Waals surface area (Å²) < 4.78 is 0. The van der Waals surface area contributed by atoms with Crippen molar-refractivity contribution in [3.05, 3.63) is 30.1 Å². The number of rotatable bonds is 4. The highest BCUT2D eigenvalue weighted by Gasteiger charge is 2.10. The van der Waals surface area contributed by atoms with Crippen LogP contribution in [-0.4, -0.2) is 21.8 Å². The van der Waals surface area contributed by atoms with E-state index in [1.165, 1.54) is 0 Å². The summed E-state index contributed by atoms with van der Waals surface area (Å²) in [6, 6.07) is 3.67. The molecule has 0 fully saturated rings. The maximum Gasteiger partial charge on any atom is 0.253 e. The minimum Gasteiger partial charge on any atom is -0.349 e. The van der Waals surface area contributed by atoms with Crippen LogP contribution in [0.3, 0.4) is 0 Å². The maximum atomic E-state index is 11.7. The van der Waals surface area contributed by atoms with Crippen LogP contribution in [0, 0.1) is 0 Å². The van der Waals surface area contributed by atoms with Crippen molar-refractivity contribution < 1.29 is 4.79 Å². The fourth-order valence-electron chi connectivity index (χ4n) is 1.35. The number of hydrogen-bond donors (Lipinski definition) is 1. The van der Waals surface area contributed by atoms with E-state index in [0.717, 1.165) is 6.42 Å². The fraction of sp³-hybridized carbons (Fsp3) is 0.455. The molecule has 15 heavy (non-hydrogen) atoms. The van der Waals surface area contributed by atoms with Crippen molar-refractivity contribution in [2.24, 2.45) is 0 Å². The molecule has 82 valence electrons. The zero-order valence-electron chi connectivity index (χ0n) is 8.90. The molecule has 1 rings (SSSR count). The molecule has 1 heterocycles. The molecule has 0 aliphatic heterocycles. The predicted octanol–water partition coefficient (Wildman–Crippen LogP) is 2.37. The highest BCUT2D eigenvalue weighted by atomic mass is 79.9. The van der Waals surface area contributed by atoms with Crippen LogP contribution in [0.2, 0.25) is 0 Å². The Kier molecular flexibility index (Phi) is 4.75. The Labute approximate surface area is 98.4 Å². The van der Waals surface area contributed by atoms with E-state index >= 15 is 0 Å². The lowest BCUT2D eigenvalue weighted by atomic mass is 10.2. The Morgan fingerprint density at radius 2 is 2.33 bits per heavy atom. The van der Waals surface area contributed by atoms with Crippen LogP contribution in [0.5, 0.6) is 0 Å². The van der Waals surface area contributed by atoms with Gasteiger partial charge in [-0.3, -0.25) is 9.78 Å². The Balaban J connectivity index is 2.49. The number of nitrogens with one attached hydrogen (secondary N) is 1. The molecule has 1 aromatic heterocycles. The number of carbonyl (C=O) groups excluding carboxylic acids is 1. The summed E-state index contributed by atoms with van der Waals surface area (Å²) in [5, 5.41) is 2.92. The SMILES string of the molecule is CC(Br)CC(C)NC(=O)c1cccnc1. The summed E-state index contributed by atoms with van der Waals surface area (Å²) in [6.45, 7) is 4.05. The van der Waals surface area contributed by atoms with Crippen molar-refractivity contribution >= 4 is 21.8 Å². The Morgan fingerprint density at radius 3 is 2.87 bits per heavy atom. The van der Waals surface area contributed by atoms with Crippen LogP contribution in [0.4, 0.5) is 0 Å². The topological polar surface area (TPSA) is 42.0 Å². The lowest BCUT2D eigenvalue weighted by molar-refractivity contribution is 0.0938. The van der Waals surface area contributed by atoms with Crippen LogP contribution in [-0.2, 0) is 0 Å². The van der Waals surface area contributed by atoms with Crippen molar-refractivity contribution in [2.45, 2.75) is 31.1 Å². The number of pyridine rings is 1. The molecule has 1 aromatic rings. The zero-order valence-corrected chi connectivity index (χ0v) is 10.5. The standard InChI is InChI=1S/C11H15BrN2O/c1-8(12)6-9(2)14-11(15)10-4-3-5-13-7-10/h3-5,7-9H,6H2,1-2H3,(H,14,15). The van der Waals surface area contributed by atoms with Gasteiger partial charge in [-0.15, -0.1) is 0 Å². The van der Waals surface area contributed by atoms with E-state index < -0.39 is 0 Å². The summed E-state index contributed by atoms with van der Waals surface area (Å²) in [5.41, 5.74) is 0.603. The van der Waals surface area contributed by atoms with Crippen molar-refractivity contribution in [1.29, 1.82) is 0 Å². The second-order valence-corrected chi connectivity index (χ2v) is 5.20. The molecule has 1 N–H and O–H groups in total. The van der Waals surface area contributed by atoms with Gasteiger partial charge in [0.1, 0.15) is 0 Å². The summed E-state index contributed by atoms with van der Waals surface area (Å²) in [4.78, 5) is 16.0. The van der Waals surface area contributed by atoms with Crippen molar-refractivity contribution in [3.8, 4) is 0 Å². The van der Waals surface area contributed by atoms with Gasteiger partial charge in [0, 0.05) is 23.3 Å². The Morgan fingerprint density at radius 1 is 1.60 bits per heavy atom. The fourth-order valence-corrected chi connectivity index (χ4v) is 1.91. The van der Waals surface area contributed by atoms with Gasteiger partial charge in [-0.1, -0.05) is 22.9 Å². The van der Waals surface area contributed by atoms with Gasteiger partial charge in [-0.25, -0.2) is 0 Å².